The first kappa shape index (κ1) is 27.6. The molecule has 0 aliphatic heterocycles. The molecule has 3 rings (SSSR count). The third kappa shape index (κ3) is 7.27. The van der Waals surface area contributed by atoms with E-state index in [4.69, 9.17) is 4.74 Å². The number of halogens is 1. The zero-order valence-electron chi connectivity index (χ0n) is 19.2. The minimum absolute atomic E-state index is 0.113. The summed E-state index contributed by atoms with van der Waals surface area (Å²) in [5.41, 5.74) is -0.285. The van der Waals surface area contributed by atoms with E-state index in [2.05, 4.69) is 32.6 Å². The smallest absolute Gasteiger partial charge is 0.323 e. The molecule has 1 aromatic carbocycles. The lowest BCUT2D eigenvalue weighted by molar-refractivity contribution is -0.138. The highest BCUT2D eigenvalue weighted by Crippen LogP contribution is 2.14. The van der Waals surface area contributed by atoms with Crippen LogP contribution in [-0.2, 0) is 14.8 Å². The van der Waals surface area contributed by atoms with Crippen LogP contribution in [-0.4, -0.2) is 53.4 Å². The zero-order valence-corrected chi connectivity index (χ0v) is 22.2. The van der Waals surface area contributed by atoms with E-state index in [1.807, 2.05) is 0 Å². The van der Waals surface area contributed by atoms with Crippen LogP contribution >= 0.6 is 22.6 Å². The average molecular weight is 627 g/mol. The summed E-state index contributed by atoms with van der Waals surface area (Å²) in [6.45, 7) is -0.0602. The molecule has 3 aromatic rings. The highest BCUT2D eigenvalue weighted by atomic mass is 127. The molecule has 0 unspecified atom stereocenters. The number of aliphatic carboxylic acids is 1. The van der Waals surface area contributed by atoms with Gasteiger partial charge in [0.15, 0.2) is 0 Å². The summed E-state index contributed by atoms with van der Waals surface area (Å²) in [7, 11) is -4.13. The molecule has 10 nitrogen and oxygen atoms in total. The molecule has 0 radical (unpaired) electrons. The van der Waals surface area contributed by atoms with Gasteiger partial charge in [-0.1, -0.05) is 40.8 Å². The minimum atomic E-state index is -4.13. The van der Waals surface area contributed by atoms with Crippen LogP contribution in [0.4, 0.5) is 0 Å². The van der Waals surface area contributed by atoms with Crippen molar-refractivity contribution >= 4 is 50.0 Å². The number of unbranched alkanes of at least 4 members (excludes halogenated alkanes) is 2. The van der Waals surface area contributed by atoms with E-state index in [9.17, 15) is 27.9 Å². The second-order valence-electron chi connectivity index (χ2n) is 7.85. The Bertz CT molecular complexity index is 1380. The van der Waals surface area contributed by atoms with Crippen LogP contribution in [0.3, 0.4) is 0 Å². The molecule has 2 aromatic heterocycles. The van der Waals surface area contributed by atoms with Crippen molar-refractivity contribution in [1.29, 1.82) is 0 Å². The number of rotatable bonds is 13. The standard InChI is InChI=1S/C24H26IN3O7S/c25-13-5-2-6-14-35-18-11-9-17-10-12-20(23(30)28(17)16-18)22(29)26-15-21(24(31)32)27-36(33,34)19-7-3-1-4-8-19/h1,3-4,7-12,16,21,27H,2,5-6,13-15H2,(H,26,29)(H,31,32)/t21-/m0/s1. The van der Waals surface area contributed by atoms with Gasteiger partial charge >= 0.3 is 5.97 Å². The second kappa shape index (κ2) is 12.8. The Kier molecular flexibility index (Phi) is 9.84. The lowest BCUT2D eigenvalue weighted by Gasteiger charge is -2.16. The van der Waals surface area contributed by atoms with E-state index in [0.29, 0.717) is 17.9 Å². The number of hydrogen-bond acceptors (Lipinski definition) is 6. The van der Waals surface area contributed by atoms with Crippen molar-refractivity contribution in [3.63, 3.8) is 0 Å². The van der Waals surface area contributed by atoms with Gasteiger partial charge in [0.2, 0.25) is 10.0 Å². The van der Waals surface area contributed by atoms with Crippen LogP contribution in [0, 0.1) is 0 Å². The number of pyridine rings is 2. The number of benzene rings is 1. The number of carbonyl (C=O) groups is 2. The Hall–Kier alpha value is -2.97. The minimum Gasteiger partial charge on any atom is -0.492 e. The van der Waals surface area contributed by atoms with Crippen LogP contribution < -0.4 is 20.3 Å². The third-order valence-electron chi connectivity index (χ3n) is 5.23. The van der Waals surface area contributed by atoms with Crippen molar-refractivity contribution in [3.8, 4) is 5.75 Å². The molecule has 0 saturated heterocycles. The maximum absolute atomic E-state index is 12.9. The van der Waals surface area contributed by atoms with E-state index >= 15 is 0 Å². The molecule has 3 N–H and O–H groups in total. The SMILES string of the molecule is O=C(NC[C@H](NS(=O)(=O)c1ccccc1)C(=O)O)c1ccc2ccc(OCCCCCI)cn2c1=O. The number of nitrogens with one attached hydrogen (secondary N) is 2. The predicted molar refractivity (Wildman–Crippen MR) is 142 cm³/mol. The largest absolute Gasteiger partial charge is 0.492 e. The van der Waals surface area contributed by atoms with Crippen molar-refractivity contribution in [1.82, 2.24) is 14.4 Å². The maximum atomic E-state index is 12.9. The zero-order chi connectivity index (χ0) is 26.1. The molecule has 192 valence electrons. The Morgan fingerprint density at radius 2 is 1.75 bits per heavy atom. The summed E-state index contributed by atoms with van der Waals surface area (Å²) < 4.78 is 35.1. The summed E-state index contributed by atoms with van der Waals surface area (Å²) >= 11 is 2.32. The van der Waals surface area contributed by atoms with Crippen molar-refractivity contribution < 1.29 is 27.9 Å². The van der Waals surface area contributed by atoms with Gasteiger partial charge in [0, 0.05) is 12.1 Å². The highest BCUT2D eigenvalue weighted by Gasteiger charge is 2.26. The number of nitrogens with zero attached hydrogens (tertiary/aromatic N) is 1. The van der Waals surface area contributed by atoms with Crippen LogP contribution in [0.15, 0.2) is 70.5 Å². The fourth-order valence-corrected chi connectivity index (χ4v) is 5.07. The molecule has 0 bridgehead atoms. The van der Waals surface area contributed by atoms with Gasteiger partial charge in [0.05, 0.1) is 17.7 Å². The van der Waals surface area contributed by atoms with Crippen molar-refractivity contribution in [2.45, 2.75) is 30.2 Å². The molecule has 0 aliphatic carbocycles. The summed E-state index contributed by atoms with van der Waals surface area (Å²) in [6.07, 6.45) is 4.54. The van der Waals surface area contributed by atoms with Crippen LogP contribution in [0.25, 0.3) is 5.52 Å². The summed E-state index contributed by atoms with van der Waals surface area (Å²) in [5.74, 6) is -1.83. The predicted octanol–water partition coefficient (Wildman–Crippen LogP) is 2.45. The molecule has 0 fully saturated rings. The van der Waals surface area contributed by atoms with E-state index in [1.54, 1.807) is 24.3 Å². The number of aromatic nitrogens is 1. The Balaban J connectivity index is 1.71. The molecule has 0 saturated carbocycles. The number of fused-ring (bicyclic) bond motifs is 1. The fourth-order valence-electron chi connectivity index (χ4n) is 3.32. The van der Waals surface area contributed by atoms with Gasteiger partial charge in [-0.25, -0.2) is 8.42 Å². The molecular formula is C24H26IN3O7S. The number of ether oxygens (including phenoxy) is 1. The second-order valence-corrected chi connectivity index (χ2v) is 10.6. The molecule has 0 spiro atoms. The van der Waals surface area contributed by atoms with Gasteiger partial charge in [-0.3, -0.25) is 18.8 Å². The van der Waals surface area contributed by atoms with Gasteiger partial charge in [-0.15, -0.1) is 0 Å². The quantitative estimate of drug-likeness (QED) is 0.150. The summed E-state index contributed by atoms with van der Waals surface area (Å²) in [5, 5.41) is 11.8. The average Bonchev–Trinajstić information content (AvgIpc) is 2.87. The maximum Gasteiger partial charge on any atom is 0.323 e. The first-order chi connectivity index (χ1) is 17.2. The van der Waals surface area contributed by atoms with E-state index < -0.39 is 40.0 Å². The van der Waals surface area contributed by atoms with Crippen molar-refractivity contribution in [2.24, 2.45) is 0 Å². The lowest BCUT2D eigenvalue weighted by Crippen LogP contribution is -2.48. The summed E-state index contributed by atoms with van der Waals surface area (Å²) in [4.78, 5) is 37.2. The highest BCUT2D eigenvalue weighted by molar-refractivity contribution is 14.1. The van der Waals surface area contributed by atoms with E-state index in [-0.39, 0.29) is 10.5 Å². The third-order valence-corrected chi connectivity index (χ3v) is 7.48. The molecule has 12 heteroatoms. The molecule has 1 atom stereocenters. The van der Waals surface area contributed by atoms with E-state index in [1.165, 1.54) is 40.9 Å². The Morgan fingerprint density at radius 3 is 2.44 bits per heavy atom. The molecular weight excluding hydrogens is 601 g/mol. The fraction of sp³-hybridized carbons (Fsp3) is 0.292. The van der Waals surface area contributed by atoms with Crippen LogP contribution in [0.1, 0.15) is 29.6 Å². The number of amides is 1. The van der Waals surface area contributed by atoms with Crippen LogP contribution in [0.2, 0.25) is 0 Å². The molecule has 36 heavy (non-hydrogen) atoms. The normalized spacial score (nSPS) is 12.2. The Morgan fingerprint density at radius 1 is 1.03 bits per heavy atom. The number of hydrogen-bond donors (Lipinski definition) is 3. The monoisotopic (exact) mass is 627 g/mol. The van der Waals surface area contributed by atoms with Gasteiger partial charge in [0.25, 0.3) is 11.5 Å². The topological polar surface area (TPSA) is 143 Å². The molecule has 1 amide bonds. The van der Waals surface area contributed by atoms with Crippen molar-refractivity contribution in [2.75, 3.05) is 17.6 Å². The van der Waals surface area contributed by atoms with Gasteiger partial charge < -0.3 is 15.2 Å². The van der Waals surface area contributed by atoms with Gasteiger partial charge in [-0.2, -0.15) is 4.72 Å². The Labute approximate surface area is 221 Å². The lowest BCUT2D eigenvalue weighted by atomic mass is 10.2. The first-order valence-electron chi connectivity index (χ1n) is 11.2. The molecule has 2 heterocycles. The molecule has 0 aliphatic rings. The van der Waals surface area contributed by atoms with Gasteiger partial charge in [0.1, 0.15) is 17.4 Å². The number of carboxylic acids is 1. The van der Waals surface area contributed by atoms with Gasteiger partial charge in [-0.05, 0) is 60.1 Å². The van der Waals surface area contributed by atoms with Crippen LogP contribution in [0.5, 0.6) is 5.75 Å². The number of sulfonamides is 1. The number of alkyl halides is 1. The first-order valence-corrected chi connectivity index (χ1v) is 14.2. The summed E-state index contributed by atoms with van der Waals surface area (Å²) in [6, 6.07) is 12.0. The van der Waals surface area contributed by atoms with Crippen molar-refractivity contribution in [3.05, 3.63) is 76.7 Å². The number of carboxylic acid groups (broad SMARTS) is 1. The number of carbonyl (C=O) groups excluding carboxylic acids is 1. The van der Waals surface area contributed by atoms with E-state index in [0.717, 1.165) is 23.7 Å².